The molecular weight excluding hydrogens is 310 g/mol. The number of rotatable bonds is 8. The maximum atomic E-state index is 9.65. The Hall–Kier alpha value is -1.36. The van der Waals surface area contributed by atoms with Crippen molar-refractivity contribution in [1.29, 1.82) is 0 Å². The highest BCUT2D eigenvalue weighted by atomic mass is 35.5. The number of aliphatic hydroxyl groups excluding tert-OH is 1. The quantitative estimate of drug-likeness (QED) is 0.712. The van der Waals surface area contributed by atoms with Crippen LogP contribution in [0.1, 0.15) is 33.6 Å². The third-order valence-electron chi connectivity index (χ3n) is 4.12. The van der Waals surface area contributed by atoms with Gasteiger partial charge in [0.1, 0.15) is 6.23 Å². The zero-order chi connectivity index (χ0) is 16.8. The molecule has 5 heteroatoms. The van der Waals surface area contributed by atoms with Gasteiger partial charge < -0.3 is 10.4 Å². The summed E-state index contributed by atoms with van der Waals surface area (Å²) in [6.45, 7) is 7.85. The largest absolute Gasteiger partial charge is 0.382 e. The van der Waals surface area contributed by atoms with Crippen LogP contribution in [0.4, 0.5) is 5.69 Å². The van der Waals surface area contributed by atoms with E-state index in [9.17, 15) is 5.11 Å². The number of nitrogens with zero attached hydrogens (tertiary/aromatic N) is 2. The number of aliphatic hydroxyl groups is 1. The third-order valence-corrected chi connectivity index (χ3v) is 4.36. The minimum absolute atomic E-state index is 0.351. The van der Waals surface area contributed by atoms with Crippen molar-refractivity contribution in [2.24, 2.45) is 0 Å². The van der Waals surface area contributed by atoms with Gasteiger partial charge in [-0.1, -0.05) is 18.5 Å². The van der Waals surface area contributed by atoms with Crippen molar-refractivity contribution in [1.82, 2.24) is 9.88 Å². The Morgan fingerprint density at radius 3 is 2.78 bits per heavy atom. The number of benzene rings is 1. The lowest BCUT2D eigenvalue weighted by molar-refractivity contribution is 0.0213. The summed E-state index contributed by atoms with van der Waals surface area (Å²) in [4.78, 5) is 6.43. The van der Waals surface area contributed by atoms with E-state index in [4.69, 9.17) is 11.6 Å². The number of halogens is 1. The molecule has 2 unspecified atom stereocenters. The lowest BCUT2D eigenvalue weighted by Crippen LogP contribution is -2.34. The number of nitrogens with one attached hydrogen (secondary N) is 1. The van der Waals surface area contributed by atoms with E-state index in [1.165, 1.54) is 0 Å². The second kappa shape index (κ2) is 8.48. The highest BCUT2D eigenvalue weighted by Gasteiger charge is 2.10. The van der Waals surface area contributed by atoms with E-state index in [-0.39, 0.29) is 6.23 Å². The first-order valence-corrected chi connectivity index (χ1v) is 8.62. The highest BCUT2D eigenvalue weighted by molar-refractivity contribution is 6.31. The lowest BCUT2D eigenvalue weighted by Gasteiger charge is -2.24. The second-order valence-corrected chi connectivity index (χ2v) is 6.40. The van der Waals surface area contributed by atoms with Crippen LogP contribution in [0.15, 0.2) is 30.5 Å². The predicted molar refractivity (Wildman–Crippen MR) is 98.0 cm³/mol. The molecule has 0 saturated heterocycles. The topological polar surface area (TPSA) is 48.4 Å². The summed E-state index contributed by atoms with van der Waals surface area (Å²) < 4.78 is 0. The molecule has 2 N–H and O–H groups in total. The van der Waals surface area contributed by atoms with Gasteiger partial charge in [-0.15, -0.1) is 0 Å². The van der Waals surface area contributed by atoms with Crippen LogP contribution < -0.4 is 5.32 Å². The summed E-state index contributed by atoms with van der Waals surface area (Å²) in [5, 5.41) is 15.0. The van der Waals surface area contributed by atoms with Crippen LogP contribution in [0.2, 0.25) is 5.02 Å². The van der Waals surface area contributed by atoms with Crippen LogP contribution in [0.25, 0.3) is 10.9 Å². The van der Waals surface area contributed by atoms with Crippen LogP contribution in [0.3, 0.4) is 0 Å². The SMILES string of the molecule is CCN(CCCC(C)Nc1ccnc2cc(Cl)ccc12)C(C)O. The molecule has 0 saturated carbocycles. The highest BCUT2D eigenvalue weighted by Crippen LogP contribution is 2.25. The maximum Gasteiger partial charge on any atom is 0.104 e. The first-order valence-electron chi connectivity index (χ1n) is 8.24. The van der Waals surface area contributed by atoms with Gasteiger partial charge in [-0.25, -0.2) is 0 Å². The Morgan fingerprint density at radius 2 is 2.09 bits per heavy atom. The lowest BCUT2D eigenvalue weighted by atomic mass is 10.1. The molecule has 0 aliphatic heterocycles. The van der Waals surface area contributed by atoms with Crippen molar-refractivity contribution in [3.63, 3.8) is 0 Å². The molecule has 1 aromatic carbocycles. The summed E-state index contributed by atoms with van der Waals surface area (Å²) >= 11 is 6.03. The summed E-state index contributed by atoms with van der Waals surface area (Å²) in [6.07, 6.45) is 3.51. The fraction of sp³-hybridized carbons (Fsp3) is 0.500. The van der Waals surface area contributed by atoms with Crippen LogP contribution in [0.5, 0.6) is 0 Å². The van der Waals surface area contributed by atoms with E-state index in [0.29, 0.717) is 11.1 Å². The number of anilines is 1. The predicted octanol–water partition coefficient (Wildman–Crippen LogP) is 4.13. The van der Waals surface area contributed by atoms with E-state index in [0.717, 1.165) is 42.5 Å². The average Bonchev–Trinajstić information content (AvgIpc) is 2.51. The van der Waals surface area contributed by atoms with Crippen molar-refractivity contribution in [3.05, 3.63) is 35.5 Å². The molecule has 2 atom stereocenters. The van der Waals surface area contributed by atoms with Gasteiger partial charge in [-0.3, -0.25) is 9.88 Å². The van der Waals surface area contributed by atoms with Gasteiger partial charge in [0.2, 0.25) is 0 Å². The second-order valence-electron chi connectivity index (χ2n) is 5.97. The number of aromatic nitrogens is 1. The van der Waals surface area contributed by atoms with Crippen molar-refractivity contribution < 1.29 is 5.11 Å². The Kier molecular flexibility index (Phi) is 6.63. The van der Waals surface area contributed by atoms with E-state index in [1.54, 1.807) is 6.20 Å². The fourth-order valence-corrected chi connectivity index (χ4v) is 2.96. The molecule has 0 fully saturated rings. The number of hydrogen-bond donors (Lipinski definition) is 2. The van der Waals surface area contributed by atoms with E-state index in [1.807, 2.05) is 31.2 Å². The Labute approximate surface area is 143 Å². The first kappa shape index (κ1) is 18.0. The molecule has 2 aromatic rings. The monoisotopic (exact) mass is 335 g/mol. The summed E-state index contributed by atoms with van der Waals surface area (Å²) in [5.74, 6) is 0. The number of fused-ring (bicyclic) bond motifs is 1. The molecule has 0 spiro atoms. The van der Waals surface area contributed by atoms with Crippen molar-refractivity contribution in [2.75, 3.05) is 18.4 Å². The average molecular weight is 336 g/mol. The van der Waals surface area contributed by atoms with Crippen LogP contribution in [-0.2, 0) is 0 Å². The van der Waals surface area contributed by atoms with Crippen molar-refractivity contribution in [3.8, 4) is 0 Å². The molecule has 2 rings (SSSR count). The van der Waals surface area contributed by atoms with Gasteiger partial charge in [-0.2, -0.15) is 0 Å². The summed E-state index contributed by atoms with van der Waals surface area (Å²) in [5.41, 5.74) is 1.99. The standard InChI is InChI=1S/C18H26ClN3O/c1-4-22(14(3)23)11-5-6-13(2)21-17-9-10-20-18-12-15(19)7-8-16(17)18/h7-10,12-14,23H,4-6,11H2,1-3H3,(H,20,21). The molecular formula is C18H26ClN3O. The van der Waals surface area contributed by atoms with Gasteiger partial charge in [0, 0.05) is 34.9 Å². The third kappa shape index (κ3) is 5.06. The van der Waals surface area contributed by atoms with Gasteiger partial charge in [-0.05, 0) is 57.5 Å². The van der Waals surface area contributed by atoms with E-state index in [2.05, 4.69) is 29.0 Å². The molecule has 0 aliphatic rings. The van der Waals surface area contributed by atoms with Crippen LogP contribution >= 0.6 is 11.6 Å². The molecule has 0 aliphatic carbocycles. The molecule has 4 nitrogen and oxygen atoms in total. The fourth-order valence-electron chi connectivity index (χ4n) is 2.79. The minimum atomic E-state index is -0.378. The van der Waals surface area contributed by atoms with Gasteiger partial charge in [0.25, 0.3) is 0 Å². The Balaban J connectivity index is 1.94. The number of hydrogen-bond acceptors (Lipinski definition) is 4. The molecule has 1 aromatic heterocycles. The summed E-state index contributed by atoms with van der Waals surface area (Å²) in [6, 6.07) is 8.13. The molecule has 126 valence electrons. The van der Waals surface area contributed by atoms with Crippen molar-refractivity contribution >= 4 is 28.2 Å². The zero-order valence-electron chi connectivity index (χ0n) is 14.1. The zero-order valence-corrected chi connectivity index (χ0v) is 14.8. The first-order chi connectivity index (χ1) is 11.0. The number of pyridine rings is 1. The molecule has 0 bridgehead atoms. The molecule has 0 amide bonds. The normalized spacial score (nSPS) is 14.2. The molecule has 1 heterocycles. The smallest absolute Gasteiger partial charge is 0.104 e. The van der Waals surface area contributed by atoms with Gasteiger partial charge >= 0.3 is 0 Å². The van der Waals surface area contributed by atoms with E-state index < -0.39 is 0 Å². The Morgan fingerprint density at radius 1 is 1.30 bits per heavy atom. The van der Waals surface area contributed by atoms with E-state index >= 15 is 0 Å². The Bertz CT molecular complexity index is 633. The van der Waals surface area contributed by atoms with Gasteiger partial charge in [0.15, 0.2) is 0 Å². The minimum Gasteiger partial charge on any atom is -0.382 e. The summed E-state index contributed by atoms with van der Waals surface area (Å²) in [7, 11) is 0. The van der Waals surface area contributed by atoms with Gasteiger partial charge in [0.05, 0.1) is 5.52 Å². The van der Waals surface area contributed by atoms with Crippen LogP contribution in [0, 0.1) is 0 Å². The van der Waals surface area contributed by atoms with Crippen molar-refractivity contribution in [2.45, 2.75) is 45.9 Å². The molecule has 0 radical (unpaired) electrons. The van der Waals surface area contributed by atoms with Crippen LogP contribution in [-0.4, -0.2) is 40.3 Å². The maximum absolute atomic E-state index is 9.65. The molecule has 23 heavy (non-hydrogen) atoms.